The Balaban J connectivity index is 2.55. The maximum Gasteiger partial charge on any atom is 0.194 e. The lowest BCUT2D eigenvalue weighted by Gasteiger charge is -2.19. The minimum absolute atomic E-state index is 0.0884. The summed E-state index contributed by atoms with van der Waals surface area (Å²) >= 11 is 2.12. The van der Waals surface area contributed by atoms with E-state index < -0.39 is 23.5 Å². The predicted octanol–water partition coefficient (Wildman–Crippen LogP) is 4.02. The SMILES string of the molecule is CNC(c1ccccc1I)c1ccc(F)c(F)c1F. The molecular formula is C14H11F3IN. The van der Waals surface area contributed by atoms with E-state index >= 15 is 0 Å². The first-order valence-electron chi connectivity index (χ1n) is 5.61. The van der Waals surface area contributed by atoms with Crippen molar-refractivity contribution in [2.24, 2.45) is 0 Å². The van der Waals surface area contributed by atoms with E-state index in [9.17, 15) is 13.2 Å². The quantitative estimate of drug-likeness (QED) is 0.630. The van der Waals surface area contributed by atoms with Crippen LogP contribution in [0.2, 0.25) is 0 Å². The zero-order valence-electron chi connectivity index (χ0n) is 10.1. The summed E-state index contributed by atoms with van der Waals surface area (Å²) in [5, 5.41) is 2.93. The van der Waals surface area contributed by atoms with Crippen molar-refractivity contribution in [1.82, 2.24) is 5.32 Å². The standard InChI is InChI=1S/C14H11F3IN/c1-19-14(8-4-2-3-5-11(8)18)9-6-7-10(15)13(17)12(9)16/h2-7,14,19H,1H3. The van der Waals surface area contributed by atoms with Crippen LogP contribution in [0.1, 0.15) is 17.2 Å². The third kappa shape index (κ3) is 2.76. The minimum Gasteiger partial charge on any atom is -0.309 e. The molecule has 0 aliphatic rings. The van der Waals surface area contributed by atoms with Gasteiger partial charge in [-0.15, -0.1) is 0 Å². The van der Waals surface area contributed by atoms with Gasteiger partial charge in [0.2, 0.25) is 0 Å². The van der Waals surface area contributed by atoms with E-state index in [2.05, 4.69) is 27.9 Å². The second-order valence-electron chi connectivity index (χ2n) is 4.01. The molecule has 0 aromatic heterocycles. The molecule has 0 bridgehead atoms. The van der Waals surface area contributed by atoms with Crippen LogP contribution in [0.5, 0.6) is 0 Å². The zero-order valence-corrected chi connectivity index (χ0v) is 12.2. The van der Waals surface area contributed by atoms with Crippen LogP contribution in [0.4, 0.5) is 13.2 Å². The lowest BCUT2D eigenvalue weighted by atomic mass is 9.98. The van der Waals surface area contributed by atoms with Crippen molar-refractivity contribution in [3.8, 4) is 0 Å². The molecule has 0 radical (unpaired) electrons. The summed E-state index contributed by atoms with van der Waals surface area (Å²) in [7, 11) is 1.65. The Labute approximate surface area is 123 Å². The third-order valence-electron chi connectivity index (χ3n) is 2.88. The molecule has 0 aliphatic carbocycles. The van der Waals surface area contributed by atoms with E-state index in [0.29, 0.717) is 0 Å². The Morgan fingerprint density at radius 2 is 1.63 bits per heavy atom. The molecule has 100 valence electrons. The average molecular weight is 377 g/mol. The second kappa shape index (κ2) is 5.92. The molecule has 1 N–H and O–H groups in total. The van der Waals surface area contributed by atoms with Crippen molar-refractivity contribution < 1.29 is 13.2 Å². The van der Waals surface area contributed by atoms with Crippen molar-refractivity contribution in [2.75, 3.05) is 7.05 Å². The first-order valence-corrected chi connectivity index (χ1v) is 6.69. The third-order valence-corrected chi connectivity index (χ3v) is 3.86. The first kappa shape index (κ1) is 14.3. The molecule has 19 heavy (non-hydrogen) atoms. The molecule has 1 nitrogen and oxygen atoms in total. The molecule has 0 heterocycles. The molecule has 5 heteroatoms. The Morgan fingerprint density at radius 1 is 0.947 bits per heavy atom. The highest BCUT2D eigenvalue weighted by Crippen LogP contribution is 2.29. The highest BCUT2D eigenvalue weighted by atomic mass is 127. The fourth-order valence-electron chi connectivity index (χ4n) is 1.95. The summed E-state index contributed by atoms with van der Waals surface area (Å²) in [6, 6.07) is 9.05. The normalized spacial score (nSPS) is 12.5. The van der Waals surface area contributed by atoms with E-state index in [0.717, 1.165) is 15.2 Å². The van der Waals surface area contributed by atoms with Crippen LogP contribution in [-0.4, -0.2) is 7.05 Å². The summed E-state index contributed by atoms with van der Waals surface area (Å²) in [4.78, 5) is 0. The van der Waals surface area contributed by atoms with Gasteiger partial charge in [0, 0.05) is 9.13 Å². The smallest absolute Gasteiger partial charge is 0.194 e. The van der Waals surface area contributed by atoms with Crippen molar-refractivity contribution in [1.29, 1.82) is 0 Å². The maximum absolute atomic E-state index is 13.9. The number of halogens is 4. The van der Waals surface area contributed by atoms with E-state index in [-0.39, 0.29) is 5.56 Å². The van der Waals surface area contributed by atoms with Crippen LogP contribution in [-0.2, 0) is 0 Å². The summed E-state index contributed by atoms with van der Waals surface area (Å²) in [6.45, 7) is 0. The topological polar surface area (TPSA) is 12.0 Å². The van der Waals surface area contributed by atoms with Gasteiger partial charge in [0.05, 0.1) is 6.04 Å². The van der Waals surface area contributed by atoms with Crippen molar-refractivity contribution >= 4 is 22.6 Å². The van der Waals surface area contributed by atoms with E-state index in [4.69, 9.17) is 0 Å². The van der Waals surface area contributed by atoms with Gasteiger partial charge < -0.3 is 5.32 Å². The molecule has 0 amide bonds. The highest BCUT2D eigenvalue weighted by Gasteiger charge is 2.22. The maximum atomic E-state index is 13.9. The molecule has 0 spiro atoms. The number of hydrogen-bond donors (Lipinski definition) is 1. The van der Waals surface area contributed by atoms with Crippen LogP contribution in [0.3, 0.4) is 0 Å². The van der Waals surface area contributed by atoms with Gasteiger partial charge in [-0.3, -0.25) is 0 Å². The average Bonchev–Trinajstić information content (AvgIpc) is 2.41. The molecule has 0 fully saturated rings. The van der Waals surface area contributed by atoms with Gasteiger partial charge in [-0.05, 0) is 47.3 Å². The van der Waals surface area contributed by atoms with E-state index in [1.807, 2.05) is 24.3 Å². The summed E-state index contributed by atoms with van der Waals surface area (Å²) in [5.41, 5.74) is 0.904. The Kier molecular flexibility index (Phi) is 4.46. The van der Waals surface area contributed by atoms with Crippen LogP contribution < -0.4 is 5.32 Å². The molecule has 0 saturated heterocycles. The summed E-state index contributed by atoms with van der Waals surface area (Å²) in [5.74, 6) is -3.78. The number of rotatable bonds is 3. The lowest BCUT2D eigenvalue weighted by molar-refractivity contribution is 0.435. The van der Waals surface area contributed by atoms with Gasteiger partial charge in [-0.25, -0.2) is 13.2 Å². The van der Waals surface area contributed by atoms with Crippen LogP contribution >= 0.6 is 22.6 Å². The number of benzene rings is 2. The predicted molar refractivity (Wildman–Crippen MR) is 76.4 cm³/mol. The monoisotopic (exact) mass is 377 g/mol. The van der Waals surface area contributed by atoms with Gasteiger partial charge in [-0.2, -0.15) is 0 Å². The Hall–Kier alpha value is -1.08. The van der Waals surface area contributed by atoms with Crippen molar-refractivity contribution in [3.63, 3.8) is 0 Å². The number of hydrogen-bond acceptors (Lipinski definition) is 1. The zero-order chi connectivity index (χ0) is 14.0. The largest absolute Gasteiger partial charge is 0.309 e. The fourth-order valence-corrected chi connectivity index (χ4v) is 2.65. The molecule has 2 aromatic rings. The van der Waals surface area contributed by atoms with Gasteiger partial charge in [0.15, 0.2) is 17.5 Å². The van der Waals surface area contributed by atoms with Gasteiger partial charge in [0.1, 0.15) is 0 Å². The van der Waals surface area contributed by atoms with Gasteiger partial charge in [-0.1, -0.05) is 24.3 Å². The molecule has 2 aromatic carbocycles. The Morgan fingerprint density at radius 3 is 2.26 bits per heavy atom. The fraction of sp³-hybridized carbons (Fsp3) is 0.143. The van der Waals surface area contributed by atoms with Crippen molar-refractivity contribution in [3.05, 3.63) is 68.5 Å². The van der Waals surface area contributed by atoms with Crippen LogP contribution in [0, 0.1) is 21.0 Å². The molecule has 1 unspecified atom stereocenters. The molecule has 0 saturated carbocycles. The minimum atomic E-state index is -1.44. The van der Waals surface area contributed by atoms with Crippen LogP contribution in [0.15, 0.2) is 36.4 Å². The molecule has 2 rings (SSSR count). The van der Waals surface area contributed by atoms with Crippen LogP contribution in [0.25, 0.3) is 0 Å². The second-order valence-corrected chi connectivity index (χ2v) is 5.17. The number of nitrogens with one attached hydrogen (secondary N) is 1. The lowest BCUT2D eigenvalue weighted by Crippen LogP contribution is -2.20. The van der Waals surface area contributed by atoms with Gasteiger partial charge in [0.25, 0.3) is 0 Å². The first-order chi connectivity index (χ1) is 9.06. The summed E-state index contributed by atoms with van der Waals surface area (Å²) in [6.07, 6.45) is 0. The van der Waals surface area contributed by atoms with E-state index in [1.54, 1.807) is 7.05 Å². The van der Waals surface area contributed by atoms with E-state index in [1.165, 1.54) is 6.07 Å². The molecule has 1 atom stereocenters. The molecule has 0 aliphatic heterocycles. The highest BCUT2D eigenvalue weighted by molar-refractivity contribution is 14.1. The summed E-state index contributed by atoms with van der Waals surface area (Å²) < 4.78 is 41.1. The van der Waals surface area contributed by atoms with Crippen molar-refractivity contribution in [2.45, 2.75) is 6.04 Å². The Bertz CT molecular complexity index is 601. The molecular weight excluding hydrogens is 366 g/mol. The van der Waals surface area contributed by atoms with Gasteiger partial charge >= 0.3 is 0 Å².